The molecule has 1 aliphatic carbocycles. The van der Waals surface area contributed by atoms with Crippen molar-refractivity contribution < 1.29 is 23.2 Å². The molecule has 2 aromatic heterocycles. The quantitative estimate of drug-likeness (QED) is 0.568. The van der Waals surface area contributed by atoms with Crippen molar-refractivity contribution in [3.63, 3.8) is 0 Å². The summed E-state index contributed by atoms with van der Waals surface area (Å²) < 4.78 is 32.7. The van der Waals surface area contributed by atoms with E-state index in [1.165, 1.54) is 0 Å². The van der Waals surface area contributed by atoms with Crippen LogP contribution in [0.1, 0.15) is 42.8 Å². The molecule has 0 radical (unpaired) electrons. The molecular formula is C18H14Cl2F2N4O3. The molecule has 29 heavy (non-hydrogen) atoms. The summed E-state index contributed by atoms with van der Waals surface area (Å²) in [5.74, 6) is -0.737. The molecular weight excluding hydrogens is 429 g/mol. The van der Waals surface area contributed by atoms with Gasteiger partial charge < -0.3 is 9.63 Å². The molecule has 2 heterocycles. The topological polar surface area (TPSA) is 94.0 Å². The van der Waals surface area contributed by atoms with E-state index in [0.717, 1.165) is 29.2 Å². The molecule has 4 rings (SSSR count). The van der Waals surface area contributed by atoms with Crippen molar-refractivity contribution in [2.45, 2.75) is 37.6 Å². The molecule has 1 fully saturated rings. The van der Waals surface area contributed by atoms with Crippen LogP contribution in [0.25, 0.3) is 11.6 Å². The number of nitrogens with zero attached hydrogens (tertiary/aromatic N) is 4. The molecule has 1 aliphatic rings. The van der Waals surface area contributed by atoms with Crippen molar-refractivity contribution in [1.82, 2.24) is 19.9 Å². The van der Waals surface area contributed by atoms with Gasteiger partial charge in [0.2, 0.25) is 0 Å². The maximum Gasteiger partial charge on any atom is 0.305 e. The number of benzene rings is 1. The van der Waals surface area contributed by atoms with E-state index in [2.05, 4.69) is 15.2 Å². The van der Waals surface area contributed by atoms with Gasteiger partial charge in [-0.25, -0.2) is 8.78 Å². The molecule has 0 unspecified atom stereocenters. The van der Waals surface area contributed by atoms with Gasteiger partial charge in [-0.05, 0) is 30.5 Å². The second kappa shape index (κ2) is 7.38. The van der Waals surface area contributed by atoms with E-state index in [9.17, 15) is 13.6 Å². The van der Waals surface area contributed by atoms with Crippen LogP contribution in [-0.4, -0.2) is 31.0 Å². The Balaban J connectivity index is 1.71. The third-order valence-corrected chi connectivity index (χ3v) is 5.67. The van der Waals surface area contributed by atoms with Crippen LogP contribution in [0.5, 0.6) is 0 Å². The molecule has 0 bridgehead atoms. The third-order valence-electron chi connectivity index (χ3n) is 4.85. The number of aryl methyl sites for hydroxylation is 1. The lowest BCUT2D eigenvalue weighted by Gasteiger charge is -2.13. The van der Waals surface area contributed by atoms with Gasteiger partial charge in [0, 0.05) is 0 Å². The van der Waals surface area contributed by atoms with Gasteiger partial charge in [0.25, 0.3) is 12.3 Å². The first-order valence-electron chi connectivity index (χ1n) is 8.68. The number of hydrogen-bond acceptors (Lipinski definition) is 5. The lowest BCUT2D eigenvalue weighted by Crippen LogP contribution is -2.12. The Labute approximate surface area is 173 Å². The summed E-state index contributed by atoms with van der Waals surface area (Å²) >= 11 is 12.5. The molecule has 152 valence electrons. The van der Waals surface area contributed by atoms with Gasteiger partial charge in [0.15, 0.2) is 5.82 Å². The smallest absolute Gasteiger partial charge is 0.305 e. The summed E-state index contributed by atoms with van der Waals surface area (Å²) in [5, 5.41) is 17.5. The largest absolute Gasteiger partial charge is 0.481 e. The molecule has 0 saturated heterocycles. The number of aromatic nitrogens is 4. The van der Waals surface area contributed by atoms with Crippen molar-refractivity contribution in [3.8, 4) is 11.6 Å². The van der Waals surface area contributed by atoms with Gasteiger partial charge >= 0.3 is 5.97 Å². The second-order valence-electron chi connectivity index (χ2n) is 6.73. The standard InChI is InChI=1S/C18H14Cl2F2N4O3/c19-10-3-1-2-9(14(10)20)18(5-6-18)17-23-16(29-25-17)12-8-11(15(21)22)24-26(12)7-4-13(27)28/h1-3,8,15H,4-7H2,(H,27,28). The fourth-order valence-electron chi connectivity index (χ4n) is 3.22. The summed E-state index contributed by atoms with van der Waals surface area (Å²) in [6.45, 7) is -0.111. The first-order valence-corrected chi connectivity index (χ1v) is 9.44. The molecule has 1 saturated carbocycles. The van der Waals surface area contributed by atoms with E-state index >= 15 is 0 Å². The van der Waals surface area contributed by atoms with Crippen LogP contribution >= 0.6 is 23.2 Å². The molecule has 7 nitrogen and oxygen atoms in total. The van der Waals surface area contributed by atoms with Crippen molar-refractivity contribution >= 4 is 29.2 Å². The summed E-state index contributed by atoms with van der Waals surface area (Å²) in [5.41, 5.74) is -0.148. The molecule has 1 N–H and O–H groups in total. The van der Waals surface area contributed by atoms with Crippen molar-refractivity contribution in [2.24, 2.45) is 0 Å². The van der Waals surface area contributed by atoms with Gasteiger partial charge in [-0.15, -0.1) is 0 Å². The fourth-order valence-corrected chi connectivity index (χ4v) is 3.70. The number of halogens is 4. The van der Waals surface area contributed by atoms with Crippen LogP contribution in [0.3, 0.4) is 0 Å². The average Bonchev–Trinajstić information content (AvgIpc) is 3.13. The average molecular weight is 443 g/mol. The summed E-state index contributed by atoms with van der Waals surface area (Å²) in [6, 6.07) is 6.41. The Kier molecular flexibility index (Phi) is 5.04. The highest BCUT2D eigenvalue weighted by molar-refractivity contribution is 6.42. The minimum absolute atomic E-state index is 0.0192. The highest BCUT2D eigenvalue weighted by Crippen LogP contribution is 2.55. The number of aliphatic carboxylic acids is 1. The Morgan fingerprint density at radius 1 is 1.34 bits per heavy atom. The molecule has 3 aromatic rings. The number of carboxylic acids is 1. The summed E-state index contributed by atoms with van der Waals surface area (Å²) in [7, 11) is 0. The highest BCUT2D eigenvalue weighted by Gasteiger charge is 2.51. The zero-order valence-electron chi connectivity index (χ0n) is 14.8. The lowest BCUT2D eigenvalue weighted by molar-refractivity contribution is -0.137. The minimum Gasteiger partial charge on any atom is -0.481 e. The van der Waals surface area contributed by atoms with Gasteiger partial charge in [-0.1, -0.05) is 40.5 Å². The molecule has 0 amide bonds. The van der Waals surface area contributed by atoms with Gasteiger partial charge in [-0.3, -0.25) is 9.48 Å². The van der Waals surface area contributed by atoms with E-state index in [1.807, 2.05) is 6.07 Å². The first kappa shape index (κ1) is 19.8. The van der Waals surface area contributed by atoms with Crippen LogP contribution in [-0.2, 0) is 16.8 Å². The zero-order chi connectivity index (χ0) is 20.8. The van der Waals surface area contributed by atoms with Gasteiger partial charge in [-0.2, -0.15) is 10.1 Å². The predicted molar refractivity (Wildman–Crippen MR) is 99.2 cm³/mol. The van der Waals surface area contributed by atoms with Crippen molar-refractivity contribution in [2.75, 3.05) is 0 Å². The van der Waals surface area contributed by atoms with Crippen molar-refractivity contribution in [1.29, 1.82) is 0 Å². The Hall–Kier alpha value is -2.52. The number of carboxylic acid groups (broad SMARTS) is 1. The number of carbonyl (C=O) groups is 1. The van der Waals surface area contributed by atoms with E-state index in [0.29, 0.717) is 15.9 Å². The molecule has 0 aliphatic heterocycles. The van der Waals surface area contributed by atoms with Crippen LogP contribution in [0.4, 0.5) is 8.78 Å². The number of alkyl halides is 2. The van der Waals surface area contributed by atoms with E-state index in [-0.39, 0.29) is 24.6 Å². The van der Waals surface area contributed by atoms with Gasteiger partial charge in [0.05, 0.1) is 28.4 Å². The Bertz CT molecular complexity index is 1080. The second-order valence-corrected chi connectivity index (χ2v) is 7.51. The minimum atomic E-state index is -2.82. The monoisotopic (exact) mass is 442 g/mol. The van der Waals surface area contributed by atoms with E-state index < -0.39 is 23.5 Å². The predicted octanol–water partition coefficient (Wildman–Crippen LogP) is 4.73. The van der Waals surface area contributed by atoms with Crippen LogP contribution in [0.15, 0.2) is 28.8 Å². The first-order chi connectivity index (χ1) is 13.8. The van der Waals surface area contributed by atoms with E-state index in [4.69, 9.17) is 32.8 Å². The van der Waals surface area contributed by atoms with Crippen molar-refractivity contribution in [3.05, 3.63) is 51.4 Å². The number of hydrogen-bond donors (Lipinski definition) is 1. The van der Waals surface area contributed by atoms with Crippen LogP contribution in [0, 0.1) is 0 Å². The number of rotatable bonds is 7. The highest BCUT2D eigenvalue weighted by atomic mass is 35.5. The summed E-state index contributed by atoms with van der Waals surface area (Å²) in [4.78, 5) is 15.2. The van der Waals surface area contributed by atoms with Crippen LogP contribution in [0.2, 0.25) is 10.0 Å². The SMILES string of the molecule is O=C(O)CCn1nc(C(F)F)cc1-c1nc(C2(c3cccc(Cl)c3Cl)CC2)no1. The molecule has 1 aromatic carbocycles. The summed E-state index contributed by atoms with van der Waals surface area (Å²) in [6.07, 6.45) is -1.65. The van der Waals surface area contributed by atoms with Crippen LogP contribution < -0.4 is 0 Å². The molecule has 0 spiro atoms. The normalized spacial score (nSPS) is 15.1. The molecule has 0 atom stereocenters. The fraction of sp³-hybridized carbons (Fsp3) is 0.333. The van der Waals surface area contributed by atoms with Gasteiger partial charge in [0.1, 0.15) is 11.4 Å². The zero-order valence-corrected chi connectivity index (χ0v) is 16.3. The Morgan fingerprint density at radius 3 is 2.76 bits per heavy atom. The lowest BCUT2D eigenvalue weighted by atomic mass is 9.95. The third kappa shape index (κ3) is 3.60. The maximum absolute atomic E-state index is 13.1. The maximum atomic E-state index is 13.1. The van der Waals surface area contributed by atoms with E-state index in [1.54, 1.807) is 12.1 Å². The Morgan fingerprint density at radius 2 is 2.10 bits per heavy atom. The molecule has 11 heteroatoms.